The molecule has 0 spiro atoms. The molecular formula is C19H24O3. The lowest BCUT2D eigenvalue weighted by Crippen LogP contribution is -2.16. The summed E-state index contributed by atoms with van der Waals surface area (Å²) < 4.78 is 11.4. The Morgan fingerprint density at radius 2 is 2.09 bits per heavy atom. The minimum atomic E-state index is -0.281. The fraction of sp³-hybridized carbons (Fsp3) is 0.526. The van der Waals surface area contributed by atoms with Crippen LogP contribution in [0.4, 0.5) is 0 Å². The molecule has 22 heavy (non-hydrogen) atoms. The molecule has 0 N–H and O–H groups in total. The van der Waals surface area contributed by atoms with E-state index >= 15 is 0 Å². The first-order valence-corrected chi connectivity index (χ1v) is 8.48. The standard InChI is InChI=1S/C19H24O3/c1-2-3-11-16-15-10-7-12-17(18(15)19(20)22-16)21-13-14-8-5-4-6-9-14/h7,10-12,14H,2-6,8-9,13H2,1H3/b16-11-. The summed E-state index contributed by atoms with van der Waals surface area (Å²) in [6.45, 7) is 2.82. The molecule has 3 nitrogen and oxygen atoms in total. The summed E-state index contributed by atoms with van der Waals surface area (Å²) in [5, 5.41) is 0. The number of carbonyl (C=O) groups excluding carboxylic acids is 1. The van der Waals surface area contributed by atoms with Crippen molar-refractivity contribution < 1.29 is 14.3 Å². The van der Waals surface area contributed by atoms with Crippen molar-refractivity contribution >= 4 is 11.7 Å². The van der Waals surface area contributed by atoms with Gasteiger partial charge in [-0.05, 0) is 37.3 Å². The fourth-order valence-electron chi connectivity index (χ4n) is 3.26. The Balaban J connectivity index is 1.76. The number of fused-ring (bicyclic) bond motifs is 1. The number of carbonyl (C=O) groups is 1. The van der Waals surface area contributed by atoms with Gasteiger partial charge in [0.25, 0.3) is 0 Å². The second-order valence-corrected chi connectivity index (χ2v) is 6.24. The zero-order chi connectivity index (χ0) is 15.4. The number of hydrogen-bond acceptors (Lipinski definition) is 3. The van der Waals surface area contributed by atoms with E-state index in [0.29, 0.717) is 29.6 Å². The molecular weight excluding hydrogens is 276 g/mol. The molecule has 1 saturated carbocycles. The van der Waals surface area contributed by atoms with E-state index in [4.69, 9.17) is 9.47 Å². The maximum atomic E-state index is 12.2. The van der Waals surface area contributed by atoms with E-state index in [0.717, 1.165) is 18.4 Å². The first kappa shape index (κ1) is 15.1. The average molecular weight is 300 g/mol. The minimum Gasteiger partial charge on any atom is -0.492 e. The first-order valence-electron chi connectivity index (χ1n) is 8.48. The van der Waals surface area contributed by atoms with Crippen molar-refractivity contribution in [1.82, 2.24) is 0 Å². The van der Waals surface area contributed by atoms with E-state index in [1.165, 1.54) is 32.1 Å². The molecule has 1 fully saturated rings. The van der Waals surface area contributed by atoms with Gasteiger partial charge in [0.05, 0.1) is 6.61 Å². The van der Waals surface area contributed by atoms with Gasteiger partial charge in [0.15, 0.2) is 0 Å². The van der Waals surface area contributed by atoms with Crippen LogP contribution in [0.5, 0.6) is 5.75 Å². The topological polar surface area (TPSA) is 35.5 Å². The van der Waals surface area contributed by atoms with Crippen molar-refractivity contribution in [2.75, 3.05) is 6.61 Å². The summed E-state index contributed by atoms with van der Waals surface area (Å²) in [6, 6.07) is 5.76. The minimum absolute atomic E-state index is 0.281. The predicted octanol–water partition coefficient (Wildman–Crippen LogP) is 4.96. The van der Waals surface area contributed by atoms with Crippen molar-refractivity contribution in [3.05, 3.63) is 35.4 Å². The van der Waals surface area contributed by atoms with Crippen LogP contribution < -0.4 is 4.74 Å². The zero-order valence-corrected chi connectivity index (χ0v) is 13.3. The highest BCUT2D eigenvalue weighted by Crippen LogP contribution is 2.36. The second-order valence-electron chi connectivity index (χ2n) is 6.24. The molecule has 0 aromatic heterocycles. The highest BCUT2D eigenvalue weighted by molar-refractivity contribution is 6.05. The van der Waals surface area contributed by atoms with Gasteiger partial charge in [-0.25, -0.2) is 4.79 Å². The van der Waals surface area contributed by atoms with Gasteiger partial charge in [-0.2, -0.15) is 0 Å². The van der Waals surface area contributed by atoms with Crippen LogP contribution in [-0.4, -0.2) is 12.6 Å². The number of ether oxygens (including phenoxy) is 2. The number of esters is 1. The van der Waals surface area contributed by atoms with Gasteiger partial charge in [-0.3, -0.25) is 0 Å². The maximum Gasteiger partial charge on any atom is 0.348 e. The molecule has 0 atom stereocenters. The van der Waals surface area contributed by atoms with E-state index < -0.39 is 0 Å². The van der Waals surface area contributed by atoms with Gasteiger partial charge >= 0.3 is 5.97 Å². The molecule has 118 valence electrons. The molecule has 2 aliphatic rings. The molecule has 1 aliphatic heterocycles. The SMILES string of the molecule is CCC/C=C1\OC(=O)c2c(OCC3CCCCC3)cccc21. The molecule has 1 aromatic rings. The van der Waals surface area contributed by atoms with Gasteiger partial charge in [-0.1, -0.05) is 44.7 Å². The Hall–Kier alpha value is -1.77. The van der Waals surface area contributed by atoms with Crippen LogP contribution >= 0.6 is 0 Å². The molecule has 1 aromatic carbocycles. The van der Waals surface area contributed by atoms with Crippen molar-refractivity contribution in [2.24, 2.45) is 5.92 Å². The van der Waals surface area contributed by atoms with Crippen molar-refractivity contribution in [1.29, 1.82) is 0 Å². The van der Waals surface area contributed by atoms with Crippen LogP contribution in [0.1, 0.15) is 67.8 Å². The molecule has 3 rings (SSSR count). The molecule has 1 aliphatic carbocycles. The zero-order valence-electron chi connectivity index (χ0n) is 13.3. The summed E-state index contributed by atoms with van der Waals surface area (Å²) >= 11 is 0. The lowest BCUT2D eigenvalue weighted by atomic mass is 9.90. The smallest absolute Gasteiger partial charge is 0.348 e. The lowest BCUT2D eigenvalue weighted by molar-refractivity contribution is 0.0710. The summed E-state index contributed by atoms with van der Waals surface area (Å²) in [5.41, 5.74) is 1.47. The summed E-state index contributed by atoms with van der Waals surface area (Å²) in [4.78, 5) is 12.2. The predicted molar refractivity (Wildman–Crippen MR) is 86.8 cm³/mol. The van der Waals surface area contributed by atoms with Gasteiger partial charge < -0.3 is 9.47 Å². The Kier molecular flexibility index (Phi) is 4.81. The number of rotatable bonds is 5. The highest BCUT2D eigenvalue weighted by atomic mass is 16.5. The Morgan fingerprint density at radius 1 is 1.27 bits per heavy atom. The lowest BCUT2D eigenvalue weighted by Gasteiger charge is -2.22. The number of allylic oxidation sites excluding steroid dienone is 1. The number of unbranched alkanes of at least 4 members (excludes halogenated alkanes) is 1. The third kappa shape index (κ3) is 3.18. The van der Waals surface area contributed by atoms with Gasteiger partial charge in [-0.15, -0.1) is 0 Å². The van der Waals surface area contributed by atoms with Crippen LogP contribution in [0.15, 0.2) is 24.3 Å². The quantitative estimate of drug-likeness (QED) is 0.721. The van der Waals surface area contributed by atoms with Crippen LogP contribution in [0.25, 0.3) is 5.76 Å². The van der Waals surface area contributed by atoms with Gasteiger partial charge in [0.2, 0.25) is 0 Å². The van der Waals surface area contributed by atoms with Crippen LogP contribution in [0.2, 0.25) is 0 Å². The maximum absolute atomic E-state index is 12.2. The summed E-state index contributed by atoms with van der Waals surface area (Å²) in [6.07, 6.45) is 10.4. The van der Waals surface area contributed by atoms with E-state index in [1.807, 2.05) is 24.3 Å². The third-order valence-electron chi connectivity index (χ3n) is 4.52. The Morgan fingerprint density at radius 3 is 2.86 bits per heavy atom. The van der Waals surface area contributed by atoms with Crippen LogP contribution in [0, 0.1) is 5.92 Å². The monoisotopic (exact) mass is 300 g/mol. The van der Waals surface area contributed by atoms with E-state index in [-0.39, 0.29) is 5.97 Å². The first-order chi connectivity index (χ1) is 10.8. The van der Waals surface area contributed by atoms with Crippen molar-refractivity contribution in [3.8, 4) is 5.75 Å². The normalized spacial score (nSPS) is 20.0. The molecule has 0 radical (unpaired) electrons. The Bertz CT molecular complexity index is 568. The van der Waals surface area contributed by atoms with Crippen molar-refractivity contribution in [2.45, 2.75) is 51.9 Å². The number of hydrogen-bond donors (Lipinski definition) is 0. The molecule has 1 heterocycles. The highest BCUT2D eigenvalue weighted by Gasteiger charge is 2.30. The molecule has 0 unspecified atom stereocenters. The van der Waals surface area contributed by atoms with E-state index in [1.54, 1.807) is 0 Å². The van der Waals surface area contributed by atoms with Crippen LogP contribution in [0.3, 0.4) is 0 Å². The molecule has 0 amide bonds. The average Bonchev–Trinajstić information content (AvgIpc) is 2.89. The van der Waals surface area contributed by atoms with Crippen LogP contribution in [-0.2, 0) is 4.74 Å². The third-order valence-corrected chi connectivity index (χ3v) is 4.52. The Labute approximate surface area is 132 Å². The van der Waals surface area contributed by atoms with Gasteiger partial charge in [0.1, 0.15) is 17.1 Å². The number of benzene rings is 1. The molecule has 3 heteroatoms. The summed E-state index contributed by atoms with van der Waals surface area (Å²) in [5.74, 6) is 1.70. The van der Waals surface area contributed by atoms with E-state index in [9.17, 15) is 4.79 Å². The largest absolute Gasteiger partial charge is 0.492 e. The van der Waals surface area contributed by atoms with E-state index in [2.05, 4.69) is 6.92 Å². The fourth-order valence-corrected chi connectivity index (χ4v) is 3.26. The van der Waals surface area contributed by atoms with Crippen molar-refractivity contribution in [3.63, 3.8) is 0 Å². The summed E-state index contributed by atoms with van der Waals surface area (Å²) in [7, 11) is 0. The molecule has 0 saturated heterocycles. The molecule has 0 bridgehead atoms. The van der Waals surface area contributed by atoms with Gasteiger partial charge in [0, 0.05) is 5.56 Å². The number of cyclic esters (lactones) is 1. The second kappa shape index (κ2) is 6.99.